The van der Waals surface area contributed by atoms with Crippen molar-refractivity contribution in [3.8, 4) is 0 Å². The van der Waals surface area contributed by atoms with Gasteiger partial charge in [0.25, 0.3) is 0 Å². The quantitative estimate of drug-likeness (QED) is 0.514. The minimum atomic E-state index is -0.629. The van der Waals surface area contributed by atoms with Crippen LogP contribution in [0.1, 0.15) is 17.2 Å². The van der Waals surface area contributed by atoms with E-state index in [-0.39, 0.29) is 0 Å². The summed E-state index contributed by atoms with van der Waals surface area (Å²) in [6.45, 7) is 0. The Labute approximate surface area is 59.6 Å². The summed E-state index contributed by atoms with van der Waals surface area (Å²) in [6.07, 6.45) is 2.94. The zero-order valence-corrected chi connectivity index (χ0v) is 5.45. The third kappa shape index (κ3) is 0.677. The highest BCUT2D eigenvalue weighted by atomic mass is 16.3. The lowest BCUT2D eigenvalue weighted by molar-refractivity contribution is 0.134. The first-order valence-corrected chi connectivity index (χ1v) is 3.31. The van der Waals surface area contributed by atoms with Gasteiger partial charge in [0, 0.05) is 0 Å². The van der Waals surface area contributed by atoms with Gasteiger partial charge in [0.05, 0.1) is 0 Å². The van der Waals surface area contributed by atoms with Gasteiger partial charge in [-0.15, -0.1) is 0 Å². The van der Waals surface area contributed by atoms with E-state index in [1.165, 1.54) is 0 Å². The van der Waals surface area contributed by atoms with Crippen molar-refractivity contribution in [2.45, 2.75) is 6.10 Å². The fraction of sp³-hybridized carbons (Fsp3) is 0.111. The fourth-order valence-corrected chi connectivity index (χ4v) is 1.22. The number of fused-ring (bicyclic) bond motifs is 1. The van der Waals surface area contributed by atoms with Crippen molar-refractivity contribution >= 4 is 6.08 Å². The van der Waals surface area contributed by atoms with Crippen LogP contribution >= 0.6 is 0 Å². The summed E-state index contributed by atoms with van der Waals surface area (Å²) < 4.78 is 0. The predicted molar refractivity (Wildman–Crippen MR) is 38.9 cm³/mol. The van der Waals surface area contributed by atoms with E-state index in [0.717, 1.165) is 11.1 Å². The standard InChI is InChI=1S/C9H7O/c10-9-6-5-7-3-1-2-4-8(7)9/h1-6,9H. The third-order valence-corrected chi connectivity index (χ3v) is 1.75. The molecular weight excluding hydrogens is 124 g/mol. The molecule has 1 unspecified atom stereocenters. The van der Waals surface area contributed by atoms with E-state index >= 15 is 0 Å². The van der Waals surface area contributed by atoms with Crippen molar-refractivity contribution in [2.75, 3.05) is 0 Å². The summed E-state index contributed by atoms with van der Waals surface area (Å²) in [5.41, 5.74) is 1.98. The second-order valence-electron chi connectivity index (χ2n) is 2.41. The lowest BCUT2D eigenvalue weighted by atomic mass is 10.1. The summed E-state index contributed by atoms with van der Waals surface area (Å²) in [5, 5.41) is 11.1. The van der Waals surface area contributed by atoms with Gasteiger partial charge in [0.1, 0.15) is 6.10 Å². The van der Waals surface area contributed by atoms with E-state index < -0.39 is 6.10 Å². The smallest absolute Gasteiger partial charge is 0.137 e. The molecular formula is C9H7O. The van der Waals surface area contributed by atoms with E-state index in [1.54, 1.807) is 6.08 Å². The van der Waals surface area contributed by atoms with Crippen LogP contribution in [-0.4, -0.2) is 0 Å². The molecule has 1 aliphatic carbocycles. The molecule has 0 bridgehead atoms. The molecule has 0 amide bonds. The highest BCUT2D eigenvalue weighted by Crippen LogP contribution is 2.27. The Bertz CT molecular complexity index is 276. The second-order valence-corrected chi connectivity index (χ2v) is 2.41. The molecule has 1 aromatic carbocycles. The lowest BCUT2D eigenvalue weighted by Crippen LogP contribution is -1.86. The zero-order chi connectivity index (χ0) is 6.97. The van der Waals surface area contributed by atoms with E-state index in [2.05, 4.69) is 0 Å². The molecule has 0 aliphatic heterocycles. The summed E-state index contributed by atoms with van der Waals surface area (Å²) in [6, 6.07) is 7.69. The number of benzene rings is 1. The van der Waals surface area contributed by atoms with Crippen LogP contribution in [0, 0.1) is 0 Å². The number of hydrogen-bond donors (Lipinski definition) is 0. The van der Waals surface area contributed by atoms with E-state index in [1.807, 2.05) is 30.3 Å². The molecule has 1 aromatic rings. The molecule has 0 spiro atoms. The van der Waals surface area contributed by atoms with Gasteiger partial charge in [0.2, 0.25) is 0 Å². The summed E-state index contributed by atoms with van der Waals surface area (Å²) in [4.78, 5) is 0. The van der Waals surface area contributed by atoms with Gasteiger partial charge in [-0.1, -0.05) is 30.3 Å². The average Bonchev–Trinajstić information content (AvgIpc) is 2.34. The Morgan fingerprint density at radius 1 is 1.20 bits per heavy atom. The molecule has 1 atom stereocenters. The number of hydrogen-bond acceptors (Lipinski definition) is 0. The minimum absolute atomic E-state index is 0.629. The lowest BCUT2D eigenvalue weighted by Gasteiger charge is -1.98. The Hall–Kier alpha value is -1.08. The van der Waals surface area contributed by atoms with Gasteiger partial charge < -0.3 is 0 Å². The van der Waals surface area contributed by atoms with Gasteiger partial charge in [-0.2, -0.15) is 0 Å². The topological polar surface area (TPSA) is 19.9 Å². The molecule has 0 saturated carbocycles. The molecule has 10 heavy (non-hydrogen) atoms. The normalized spacial score (nSPS) is 21.1. The first-order chi connectivity index (χ1) is 4.88. The molecule has 0 fully saturated rings. The van der Waals surface area contributed by atoms with Crippen molar-refractivity contribution in [3.05, 3.63) is 41.5 Å². The molecule has 1 radical (unpaired) electrons. The van der Waals surface area contributed by atoms with Crippen molar-refractivity contribution < 1.29 is 5.11 Å². The second kappa shape index (κ2) is 1.96. The Balaban J connectivity index is 2.59. The molecule has 0 aromatic heterocycles. The Morgan fingerprint density at radius 2 is 2.00 bits per heavy atom. The first kappa shape index (κ1) is 5.69. The molecule has 0 N–H and O–H groups in total. The summed E-state index contributed by atoms with van der Waals surface area (Å²) in [5.74, 6) is 0. The molecule has 0 heterocycles. The monoisotopic (exact) mass is 131 g/mol. The third-order valence-electron chi connectivity index (χ3n) is 1.75. The van der Waals surface area contributed by atoms with Crippen LogP contribution in [0.25, 0.3) is 6.08 Å². The van der Waals surface area contributed by atoms with Gasteiger partial charge in [0.15, 0.2) is 0 Å². The van der Waals surface area contributed by atoms with Crippen molar-refractivity contribution in [2.24, 2.45) is 0 Å². The minimum Gasteiger partial charge on any atom is -0.223 e. The maximum atomic E-state index is 11.1. The molecule has 1 heteroatoms. The van der Waals surface area contributed by atoms with Gasteiger partial charge >= 0.3 is 0 Å². The molecule has 2 rings (SSSR count). The van der Waals surface area contributed by atoms with E-state index in [0.29, 0.717) is 0 Å². The summed E-state index contributed by atoms with van der Waals surface area (Å²) in [7, 11) is 0. The van der Waals surface area contributed by atoms with Crippen LogP contribution in [-0.2, 0) is 5.11 Å². The van der Waals surface area contributed by atoms with Gasteiger partial charge in [-0.3, -0.25) is 0 Å². The number of rotatable bonds is 0. The zero-order valence-electron chi connectivity index (χ0n) is 5.45. The van der Waals surface area contributed by atoms with Crippen LogP contribution < -0.4 is 0 Å². The Kier molecular flexibility index (Phi) is 1.11. The average molecular weight is 131 g/mol. The van der Waals surface area contributed by atoms with Crippen LogP contribution in [0.5, 0.6) is 0 Å². The molecule has 0 saturated heterocycles. The summed E-state index contributed by atoms with van der Waals surface area (Å²) >= 11 is 0. The highest BCUT2D eigenvalue weighted by Gasteiger charge is 2.13. The molecule has 1 nitrogen and oxygen atoms in total. The SMILES string of the molecule is [O]C1C=Cc2ccccc21. The fourth-order valence-electron chi connectivity index (χ4n) is 1.22. The van der Waals surface area contributed by atoms with Crippen LogP contribution in [0.15, 0.2) is 30.3 Å². The molecule has 1 aliphatic rings. The van der Waals surface area contributed by atoms with Crippen molar-refractivity contribution in [3.63, 3.8) is 0 Å². The Morgan fingerprint density at radius 3 is 2.80 bits per heavy atom. The van der Waals surface area contributed by atoms with Crippen LogP contribution in [0.2, 0.25) is 0 Å². The van der Waals surface area contributed by atoms with Crippen molar-refractivity contribution in [1.29, 1.82) is 0 Å². The first-order valence-electron chi connectivity index (χ1n) is 3.31. The largest absolute Gasteiger partial charge is 0.223 e. The van der Waals surface area contributed by atoms with Gasteiger partial charge in [-0.25, -0.2) is 5.11 Å². The molecule has 49 valence electrons. The van der Waals surface area contributed by atoms with E-state index in [4.69, 9.17) is 0 Å². The van der Waals surface area contributed by atoms with Crippen LogP contribution in [0.4, 0.5) is 0 Å². The highest BCUT2D eigenvalue weighted by molar-refractivity contribution is 5.60. The van der Waals surface area contributed by atoms with E-state index in [9.17, 15) is 5.11 Å². The van der Waals surface area contributed by atoms with Crippen LogP contribution in [0.3, 0.4) is 0 Å². The van der Waals surface area contributed by atoms with Gasteiger partial charge in [-0.05, 0) is 17.2 Å². The maximum Gasteiger partial charge on any atom is 0.137 e. The maximum absolute atomic E-state index is 11.1. The predicted octanol–water partition coefficient (Wildman–Crippen LogP) is 2.18. The van der Waals surface area contributed by atoms with Crippen molar-refractivity contribution in [1.82, 2.24) is 0 Å².